The van der Waals surface area contributed by atoms with Crippen LogP contribution in [0.2, 0.25) is 18.6 Å². The maximum Gasteiger partial charge on any atom is 0.264 e. The molecular formula is C40H45N3O7Si. The van der Waals surface area contributed by atoms with Crippen LogP contribution in [0.25, 0.3) is 0 Å². The van der Waals surface area contributed by atoms with Gasteiger partial charge in [0.25, 0.3) is 11.8 Å². The van der Waals surface area contributed by atoms with Crippen LogP contribution in [0.15, 0.2) is 103 Å². The monoisotopic (exact) mass is 707 g/mol. The molecule has 11 heteroatoms. The van der Waals surface area contributed by atoms with E-state index in [0.29, 0.717) is 34.8 Å². The molecule has 1 saturated heterocycles. The molecule has 0 aromatic heterocycles. The number of rotatable bonds is 12. The Labute approximate surface area is 299 Å². The lowest BCUT2D eigenvalue weighted by Gasteiger charge is -2.32. The number of ether oxygens (including phenoxy) is 2. The second kappa shape index (κ2) is 14.8. The summed E-state index contributed by atoms with van der Waals surface area (Å²) < 4.78 is 12.1. The van der Waals surface area contributed by atoms with Crippen LogP contribution in [0.1, 0.15) is 40.4 Å². The number of hydrogen-bond donors (Lipinski definition) is 3. The summed E-state index contributed by atoms with van der Waals surface area (Å²) in [4.78, 5) is 56.7. The molecule has 6 rings (SSSR count). The van der Waals surface area contributed by atoms with Gasteiger partial charge in [0.15, 0.2) is 13.9 Å². The number of anilines is 2. The summed E-state index contributed by atoms with van der Waals surface area (Å²) >= 11 is 0. The van der Waals surface area contributed by atoms with Crippen LogP contribution < -0.4 is 15.0 Å². The Morgan fingerprint density at radius 2 is 1.65 bits per heavy atom. The molecule has 0 unspecified atom stereocenters. The third-order valence-electron chi connectivity index (χ3n) is 10.1. The SMILES string of the molecule is COc1ccc(C(=O)Nc2cccc(CN3C(=O)[C@]4(O[C@H](CC(=O)N(CCO)Cc5ccccc5)[C@@H]([Si](C)(C)O)[C@@H]4C)c4ccccc43)c2)cc1. The molecule has 0 saturated carbocycles. The van der Waals surface area contributed by atoms with Crippen LogP contribution in [0.3, 0.4) is 0 Å². The summed E-state index contributed by atoms with van der Waals surface area (Å²) in [5, 5.41) is 12.8. The van der Waals surface area contributed by atoms with Gasteiger partial charge in [0.2, 0.25) is 5.91 Å². The van der Waals surface area contributed by atoms with Crippen LogP contribution in [0.4, 0.5) is 11.4 Å². The molecule has 51 heavy (non-hydrogen) atoms. The summed E-state index contributed by atoms with van der Waals surface area (Å²) in [5.41, 5.74) is 2.39. The van der Waals surface area contributed by atoms with Crippen LogP contribution in [0.5, 0.6) is 5.75 Å². The van der Waals surface area contributed by atoms with Crippen molar-refractivity contribution in [2.24, 2.45) is 5.92 Å². The average Bonchev–Trinajstić information content (AvgIpc) is 3.54. The van der Waals surface area contributed by atoms with E-state index in [1.807, 2.05) is 92.8 Å². The van der Waals surface area contributed by atoms with Crippen LogP contribution in [0, 0.1) is 5.92 Å². The van der Waals surface area contributed by atoms with Crippen LogP contribution in [-0.4, -0.2) is 67.2 Å². The van der Waals surface area contributed by atoms with E-state index in [1.54, 1.807) is 47.2 Å². The van der Waals surface area contributed by atoms with Crippen molar-refractivity contribution in [3.8, 4) is 5.75 Å². The van der Waals surface area contributed by atoms with Crippen molar-refractivity contribution < 1.29 is 33.8 Å². The highest BCUT2D eigenvalue weighted by Crippen LogP contribution is 2.59. The number of para-hydroxylation sites is 1. The van der Waals surface area contributed by atoms with Gasteiger partial charge in [-0.15, -0.1) is 0 Å². The number of carbonyl (C=O) groups is 3. The van der Waals surface area contributed by atoms with E-state index in [-0.39, 0.29) is 43.8 Å². The lowest BCUT2D eigenvalue weighted by Crippen LogP contribution is -2.46. The van der Waals surface area contributed by atoms with E-state index < -0.39 is 31.5 Å². The van der Waals surface area contributed by atoms with E-state index >= 15 is 0 Å². The molecule has 4 aromatic rings. The lowest BCUT2D eigenvalue weighted by atomic mass is 9.82. The molecule has 266 valence electrons. The van der Waals surface area contributed by atoms with Crippen molar-refractivity contribution in [3.05, 3.63) is 125 Å². The van der Waals surface area contributed by atoms with Gasteiger partial charge >= 0.3 is 0 Å². The van der Waals surface area contributed by atoms with E-state index in [9.17, 15) is 24.3 Å². The molecule has 3 N–H and O–H groups in total. The largest absolute Gasteiger partial charge is 0.497 e. The van der Waals surface area contributed by atoms with E-state index in [4.69, 9.17) is 9.47 Å². The predicted molar refractivity (Wildman–Crippen MR) is 198 cm³/mol. The van der Waals surface area contributed by atoms with Gasteiger partial charge in [-0.2, -0.15) is 0 Å². The van der Waals surface area contributed by atoms with E-state index in [0.717, 1.165) is 11.1 Å². The number of nitrogens with one attached hydrogen (secondary N) is 1. The van der Waals surface area contributed by atoms with Crippen LogP contribution >= 0.6 is 0 Å². The molecule has 2 aliphatic rings. The predicted octanol–water partition coefficient (Wildman–Crippen LogP) is 5.70. The Balaban J connectivity index is 1.26. The molecule has 0 radical (unpaired) electrons. The second-order valence-electron chi connectivity index (χ2n) is 13.9. The number of amides is 3. The highest BCUT2D eigenvalue weighted by atomic mass is 28.4. The van der Waals surface area contributed by atoms with Gasteiger partial charge in [-0.1, -0.05) is 67.6 Å². The Hall–Kier alpha value is -4.81. The summed E-state index contributed by atoms with van der Waals surface area (Å²) in [5.74, 6) is -0.513. The number of nitrogens with zero attached hydrogens (tertiary/aromatic N) is 2. The van der Waals surface area contributed by atoms with Gasteiger partial charge in [0.05, 0.1) is 38.5 Å². The maximum absolute atomic E-state index is 14.8. The topological polar surface area (TPSA) is 129 Å². The number of hydrogen-bond acceptors (Lipinski definition) is 7. The van der Waals surface area contributed by atoms with Crippen molar-refractivity contribution >= 4 is 37.4 Å². The average molecular weight is 708 g/mol. The Kier molecular flexibility index (Phi) is 10.5. The number of fused-ring (bicyclic) bond motifs is 2. The van der Waals surface area contributed by atoms with Crippen molar-refractivity contribution in [3.63, 3.8) is 0 Å². The third-order valence-corrected chi connectivity index (χ3v) is 12.6. The number of aliphatic hydroxyl groups is 1. The molecule has 2 heterocycles. The zero-order valence-electron chi connectivity index (χ0n) is 29.4. The molecule has 10 nitrogen and oxygen atoms in total. The van der Waals surface area contributed by atoms with Crippen molar-refractivity contribution in [2.45, 2.75) is 56.8 Å². The van der Waals surface area contributed by atoms with Gasteiger partial charge < -0.3 is 34.5 Å². The number of aliphatic hydroxyl groups excluding tert-OH is 1. The smallest absolute Gasteiger partial charge is 0.264 e. The summed E-state index contributed by atoms with van der Waals surface area (Å²) in [7, 11) is -1.44. The number of carbonyl (C=O) groups excluding carboxylic acids is 3. The fraction of sp³-hybridized carbons (Fsp3) is 0.325. The minimum absolute atomic E-state index is 0.0357. The van der Waals surface area contributed by atoms with Crippen molar-refractivity contribution in [2.75, 3.05) is 30.5 Å². The molecule has 4 aromatic carbocycles. The quantitative estimate of drug-likeness (QED) is 0.161. The van der Waals surface area contributed by atoms with Gasteiger partial charge in [0.1, 0.15) is 5.75 Å². The first-order chi connectivity index (χ1) is 24.5. The fourth-order valence-electron chi connectivity index (χ4n) is 7.78. The van der Waals surface area contributed by atoms with Crippen molar-refractivity contribution in [1.29, 1.82) is 0 Å². The summed E-state index contributed by atoms with van der Waals surface area (Å²) in [6, 6.07) is 31.3. The van der Waals surface area contributed by atoms with Gasteiger partial charge in [-0.25, -0.2) is 0 Å². The van der Waals surface area contributed by atoms with Gasteiger partial charge in [-0.05, 0) is 66.7 Å². The molecular weight excluding hydrogens is 663 g/mol. The minimum atomic E-state index is -3.00. The lowest BCUT2D eigenvalue weighted by molar-refractivity contribution is -0.150. The van der Waals surface area contributed by atoms with E-state index in [2.05, 4.69) is 5.32 Å². The number of methoxy groups -OCH3 is 1. The summed E-state index contributed by atoms with van der Waals surface area (Å²) in [6.07, 6.45) is -0.754. The Bertz CT molecular complexity index is 1880. The second-order valence-corrected chi connectivity index (χ2v) is 17.9. The van der Waals surface area contributed by atoms with Gasteiger partial charge in [0, 0.05) is 41.4 Å². The zero-order valence-corrected chi connectivity index (χ0v) is 30.4. The minimum Gasteiger partial charge on any atom is -0.497 e. The molecule has 1 fully saturated rings. The molecule has 0 aliphatic carbocycles. The first-order valence-corrected chi connectivity index (χ1v) is 20.3. The van der Waals surface area contributed by atoms with Crippen LogP contribution in [-0.2, 0) is 33.0 Å². The first-order valence-electron chi connectivity index (χ1n) is 17.2. The van der Waals surface area contributed by atoms with Gasteiger partial charge in [-0.3, -0.25) is 14.4 Å². The number of benzene rings is 4. The molecule has 4 atom stereocenters. The third kappa shape index (κ3) is 7.20. The molecule has 2 aliphatic heterocycles. The molecule has 3 amide bonds. The maximum atomic E-state index is 14.8. The standard InChI is InChI=1S/C40H45N3O7Si/c1-27-37(51(3,4)48)35(24-36(45)42(21-22-44)25-28-11-6-5-7-12-28)50-40(27)33-15-8-9-16-34(33)43(39(40)47)26-29-13-10-14-31(23-29)41-38(46)30-17-19-32(49-2)20-18-30/h5-20,23,27,35,37,44,48H,21-22,24-26H2,1-4H3,(H,41,46)/t27-,35+,37-,40+/m0/s1. The normalized spacial score (nSPS) is 21.1. The Morgan fingerprint density at radius 3 is 2.33 bits per heavy atom. The molecule has 0 bridgehead atoms. The zero-order chi connectivity index (χ0) is 36.3. The fourth-order valence-corrected chi connectivity index (χ4v) is 10.3. The highest BCUT2D eigenvalue weighted by Gasteiger charge is 2.66. The molecule has 1 spiro atoms. The summed E-state index contributed by atoms with van der Waals surface area (Å²) in [6.45, 7) is 6.12. The van der Waals surface area contributed by atoms with E-state index in [1.165, 1.54) is 0 Å². The Morgan fingerprint density at radius 1 is 0.961 bits per heavy atom. The first kappa shape index (κ1) is 36.0. The van der Waals surface area contributed by atoms with Crippen molar-refractivity contribution in [1.82, 2.24) is 4.90 Å². The highest BCUT2D eigenvalue weighted by molar-refractivity contribution is 6.71.